The zero-order valence-electron chi connectivity index (χ0n) is 12.3. The zero-order valence-corrected chi connectivity index (χ0v) is 13.1. The first-order chi connectivity index (χ1) is 10.7. The smallest absolute Gasteiger partial charge is 0.258 e. The summed E-state index contributed by atoms with van der Waals surface area (Å²) in [5, 5.41) is 3.40. The minimum absolute atomic E-state index is 0.0555. The molecular formula is C17H18ClNO3. The van der Waals surface area contributed by atoms with Gasteiger partial charge in [-0.05, 0) is 30.7 Å². The molecule has 0 saturated heterocycles. The van der Waals surface area contributed by atoms with Gasteiger partial charge in [0.05, 0.1) is 6.61 Å². The van der Waals surface area contributed by atoms with E-state index in [2.05, 4.69) is 5.32 Å². The zero-order chi connectivity index (χ0) is 15.8. The maximum absolute atomic E-state index is 11.8. The number of ether oxygens (including phenoxy) is 2. The number of benzene rings is 2. The van der Waals surface area contributed by atoms with Crippen LogP contribution in [-0.2, 0) is 11.3 Å². The van der Waals surface area contributed by atoms with E-state index in [1.165, 1.54) is 0 Å². The monoisotopic (exact) mass is 319 g/mol. The average molecular weight is 320 g/mol. The van der Waals surface area contributed by atoms with Crippen LogP contribution >= 0.6 is 11.6 Å². The van der Waals surface area contributed by atoms with Crippen LogP contribution in [0.25, 0.3) is 0 Å². The lowest BCUT2D eigenvalue weighted by atomic mass is 10.2. The first-order valence-corrected chi connectivity index (χ1v) is 7.42. The molecule has 0 heterocycles. The third kappa shape index (κ3) is 4.97. The van der Waals surface area contributed by atoms with E-state index in [1.54, 1.807) is 18.2 Å². The van der Waals surface area contributed by atoms with Crippen molar-refractivity contribution in [3.8, 4) is 11.5 Å². The van der Waals surface area contributed by atoms with E-state index in [-0.39, 0.29) is 12.5 Å². The fourth-order valence-corrected chi connectivity index (χ4v) is 2.06. The Balaban J connectivity index is 1.80. The number of nitrogens with one attached hydrogen (secondary N) is 1. The van der Waals surface area contributed by atoms with Crippen molar-refractivity contribution in [2.75, 3.05) is 13.2 Å². The molecule has 0 bridgehead atoms. The topological polar surface area (TPSA) is 47.6 Å². The van der Waals surface area contributed by atoms with Gasteiger partial charge >= 0.3 is 0 Å². The van der Waals surface area contributed by atoms with Crippen molar-refractivity contribution in [1.82, 2.24) is 5.32 Å². The summed E-state index contributed by atoms with van der Waals surface area (Å²) in [6.07, 6.45) is 0. The molecule has 116 valence electrons. The van der Waals surface area contributed by atoms with Crippen LogP contribution in [0, 0.1) is 0 Å². The van der Waals surface area contributed by atoms with Gasteiger partial charge in [0.25, 0.3) is 5.91 Å². The Labute approximate surface area is 135 Å². The molecule has 0 aliphatic heterocycles. The highest BCUT2D eigenvalue weighted by Gasteiger charge is 2.05. The van der Waals surface area contributed by atoms with E-state index >= 15 is 0 Å². The van der Waals surface area contributed by atoms with Gasteiger partial charge in [-0.1, -0.05) is 35.9 Å². The van der Waals surface area contributed by atoms with E-state index in [1.807, 2.05) is 37.3 Å². The summed E-state index contributed by atoms with van der Waals surface area (Å²) >= 11 is 6.03. The highest BCUT2D eigenvalue weighted by molar-refractivity contribution is 6.31. The summed E-state index contributed by atoms with van der Waals surface area (Å²) in [6, 6.07) is 14.6. The number of carbonyl (C=O) groups excluding carboxylic acids is 1. The largest absolute Gasteiger partial charge is 0.494 e. The van der Waals surface area contributed by atoms with Crippen molar-refractivity contribution in [1.29, 1.82) is 0 Å². The van der Waals surface area contributed by atoms with Gasteiger partial charge in [0.1, 0.15) is 11.5 Å². The summed E-state index contributed by atoms with van der Waals surface area (Å²) in [4.78, 5) is 11.8. The predicted octanol–water partition coefficient (Wildman–Crippen LogP) is 3.43. The predicted molar refractivity (Wildman–Crippen MR) is 86.4 cm³/mol. The molecule has 0 fully saturated rings. The molecule has 0 spiro atoms. The maximum Gasteiger partial charge on any atom is 0.258 e. The van der Waals surface area contributed by atoms with Crippen LogP contribution in [-0.4, -0.2) is 19.1 Å². The fourth-order valence-electron chi connectivity index (χ4n) is 1.86. The number of carbonyl (C=O) groups is 1. The molecule has 0 saturated carbocycles. The number of hydrogen-bond acceptors (Lipinski definition) is 3. The number of halogens is 1. The number of hydrogen-bond donors (Lipinski definition) is 1. The average Bonchev–Trinajstić information content (AvgIpc) is 2.53. The molecular weight excluding hydrogens is 302 g/mol. The van der Waals surface area contributed by atoms with Crippen molar-refractivity contribution in [2.45, 2.75) is 13.5 Å². The van der Waals surface area contributed by atoms with Gasteiger partial charge in [-0.2, -0.15) is 0 Å². The molecule has 0 aliphatic carbocycles. The maximum atomic E-state index is 11.8. The second-order valence-corrected chi connectivity index (χ2v) is 4.97. The first-order valence-electron chi connectivity index (χ1n) is 7.05. The summed E-state index contributed by atoms with van der Waals surface area (Å²) in [5.41, 5.74) is 0.871. The fraction of sp³-hybridized carbons (Fsp3) is 0.235. The Hall–Kier alpha value is -2.20. The van der Waals surface area contributed by atoms with Crippen LogP contribution in [0.2, 0.25) is 5.02 Å². The lowest BCUT2D eigenvalue weighted by Gasteiger charge is -2.09. The van der Waals surface area contributed by atoms with Crippen molar-refractivity contribution in [3.05, 3.63) is 59.1 Å². The second kappa shape index (κ2) is 8.29. The Morgan fingerprint density at radius 2 is 1.82 bits per heavy atom. The standard InChI is InChI=1S/C17H18ClNO3/c1-2-21-14-7-5-8-15(10-14)22-12-17(20)19-11-13-6-3-4-9-16(13)18/h3-10H,2,11-12H2,1H3,(H,19,20). The molecule has 1 amide bonds. The van der Waals surface area contributed by atoms with Gasteiger partial charge in [0.2, 0.25) is 0 Å². The van der Waals surface area contributed by atoms with Crippen LogP contribution in [0.4, 0.5) is 0 Å². The Bertz CT molecular complexity index is 631. The number of amides is 1. The minimum atomic E-state index is -0.207. The van der Waals surface area contributed by atoms with Crippen LogP contribution in [0.3, 0.4) is 0 Å². The molecule has 2 aromatic carbocycles. The van der Waals surface area contributed by atoms with E-state index in [9.17, 15) is 4.79 Å². The van der Waals surface area contributed by atoms with Crippen molar-refractivity contribution in [3.63, 3.8) is 0 Å². The van der Waals surface area contributed by atoms with Crippen molar-refractivity contribution in [2.24, 2.45) is 0 Å². The van der Waals surface area contributed by atoms with E-state index in [4.69, 9.17) is 21.1 Å². The third-order valence-electron chi connectivity index (χ3n) is 2.92. The van der Waals surface area contributed by atoms with Gasteiger partial charge in [-0.15, -0.1) is 0 Å². The molecule has 0 atom stereocenters. The molecule has 22 heavy (non-hydrogen) atoms. The lowest BCUT2D eigenvalue weighted by Crippen LogP contribution is -2.28. The molecule has 4 nitrogen and oxygen atoms in total. The van der Waals surface area contributed by atoms with Gasteiger partial charge in [-0.25, -0.2) is 0 Å². The summed E-state index contributed by atoms with van der Waals surface area (Å²) in [7, 11) is 0. The third-order valence-corrected chi connectivity index (χ3v) is 3.29. The van der Waals surface area contributed by atoms with Crippen LogP contribution in [0.5, 0.6) is 11.5 Å². The second-order valence-electron chi connectivity index (χ2n) is 4.56. The molecule has 0 radical (unpaired) electrons. The normalized spacial score (nSPS) is 10.1. The summed E-state index contributed by atoms with van der Waals surface area (Å²) in [6.45, 7) is 2.82. The highest BCUT2D eigenvalue weighted by Crippen LogP contribution is 2.19. The molecule has 0 aromatic heterocycles. The van der Waals surface area contributed by atoms with E-state index in [0.29, 0.717) is 23.9 Å². The van der Waals surface area contributed by atoms with Crippen molar-refractivity contribution < 1.29 is 14.3 Å². The van der Waals surface area contributed by atoms with Gasteiger partial charge in [-0.3, -0.25) is 4.79 Å². The molecule has 0 unspecified atom stereocenters. The van der Waals surface area contributed by atoms with Crippen LogP contribution in [0.15, 0.2) is 48.5 Å². The molecule has 1 N–H and O–H groups in total. The number of rotatable bonds is 7. The van der Waals surface area contributed by atoms with E-state index < -0.39 is 0 Å². The molecule has 2 rings (SSSR count). The Morgan fingerprint density at radius 3 is 2.55 bits per heavy atom. The van der Waals surface area contributed by atoms with Crippen molar-refractivity contribution >= 4 is 17.5 Å². The van der Waals surface area contributed by atoms with Gasteiger partial charge in [0.15, 0.2) is 6.61 Å². The summed E-state index contributed by atoms with van der Waals surface area (Å²) in [5.74, 6) is 1.11. The lowest BCUT2D eigenvalue weighted by molar-refractivity contribution is -0.123. The molecule has 5 heteroatoms. The highest BCUT2D eigenvalue weighted by atomic mass is 35.5. The summed E-state index contributed by atoms with van der Waals surface area (Å²) < 4.78 is 10.8. The van der Waals surface area contributed by atoms with E-state index in [0.717, 1.165) is 11.3 Å². The van der Waals surface area contributed by atoms with Gasteiger partial charge < -0.3 is 14.8 Å². The first kappa shape index (κ1) is 16.2. The molecule has 2 aromatic rings. The Morgan fingerprint density at radius 1 is 1.09 bits per heavy atom. The SMILES string of the molecule is CCOc1cccc(OCC(=O)NCc2ccccc2Cl)c1. The van der Waals surface area contributed by atoms with Crippen LogP contribution < -0.4 is 14.8 Å². The minimum Gasteiger partial charge on any atom is -0.494 e. The van der Waals surface area contributed by atoms with Gasteiger partial charge in [0, 0.05) is 17.6 Å². The quantitative estimate of drug-likeness (QED) is 0.850. The van der Waals surface area contributed by atoms with Crippen LogP contribution in [0.1, 0.15) is 12.5 Å². The Kier molecular flexibility index (Phi) is 6.10. The molecule has 0 aliphatic rings.